The van der Waals surface area contributed by atoms with Gasteiger partial charge >= 0.3 is 0 Å². The van der Waals surface area contributed by atoms with E-state index >= 15 is 0 Å². The zero-order valence-electron chi connectivity index (χ0n) is 14.0. The highest BCUT2D eigenvalue weighted by atomic mass is 14.3. The van der Waals surface area contributed by atoms with Gasteiger partial charge in [0.05, 0.1) is 0 Å². The lowest BCUT2D eigenvalue weighted by molar-refractivity contribution is 0.573. The first-order valence-electron chi connectivity index (χ1n) is 9.58. The van der Waals surface area contributed by atoms with E-state index in [-0.39, 0.29) is 0 Å². The molecule has 0 aromatic heterocycles. The molecule has 0 nitrogen and oxygen atoms in total. The molecule has 0 aromatic carbocycles. The fourth-order valence-electron chi connectivity index (χ4n) is 2.91. The minimum atomic E-state index is 1.14. The number of unbranched alkanes of at least 4 members (excludes halogenated alkanes) is 11. The van der Waals surface area contributed by atoms with Crippen molar-refractivity contribution in [3.05, 3.63) is 12.2 Å². The number of hydrogen-bond donors (Lipinski definition) is 0. The van der Waals surface area contributed by atoms with Crippen LogP contribution in [0.1, 0.15) is 110 Å². The van der Waals surface area contributed by atoms with Crippen molar-refractivity contribution in [3.8, 4) is 0 Å². The van der Waals surface area contributed by atoms with Crippen LogP contribution >= 0.6 is 0 Å². The maximum absolute atomic E-state index is 2.43. The average Bonchev–Trinajstić information content (AvgIpc) is 3.27. The molecule has 0 saturated heterocycles. The van der Waals surface area contributed by atoms with Crippen LogP contribution in [0.3, 0.4) is 0 Å². The third-order valence-electron chi connectivity index (χ3n) is 4.57. The average molecular weight is 279 g/mol. The maximum atomic E-state index is 2.43. The van der Waals surface area contributed by atoms with Crippen molar-refractivity contribution >= 4 is 0 Å². The predicted molar refractivity (Wildman–Crippen MR) is 92.2 cm³/mol. The smallest absolute Gasteiger partial charge is 0.0351 e. The molecule has 118 valence electrons. The molecule has 20 heavy (non-hydrogen) atoms. The van der Waals surface area contributed by atoms with Crippen LogP contribution in [0.2, 0.25) is 0 Å². The van der Waals surface area contributed by atoms with Crippen LogP contribution in [0, 0.1) is 5.92 Å². The monoisotopic (exact) mass is 278 g/mol. The van der Waals surface area contributed by atoms with Gasteiger partial charge in [0.1, 0.15) is 0 Å². The van der Waals surface area contributed by atoms with Crippen molar-refractivity contribution in [2.24, 2.45) is 5.92 Å². The summed E-state index contributed by atoms with van der Waals surface area (Å²) >= 11 is 0. The summed E-state index contributed by atoms with van der Waals surface area (Å²) in [6, 6.07) is 0. The van der Waals surface area contributed by atoms with Gasteiger partial charge in [0, 0.05) is 0 Å². The van der Waals surface area contributed by atoms with E-state index in [4.69, 9.17) is 0 Å². The SMILES string of the molecule is CCCCCCCCC=CCCCCCCCC1CC1. The first kappa shape index (κ1) is 17.8. The Morgan fingerprint density at radius 3 is 1.70 bits per heavy atom. The summed E-state index contributed by atoms with van der Waals surface area (Å²) in [5.74, 6) is 1.14. The summed E-state index contributed by atoms with van der Waals surface area (Å²) in [5.41, 5.74) is 0. The van der Waals surface area contributed by atoms with Crippen molar-refractivity contribution in [1.29, 1.82) is 0 Å². The maximum Gasteiger partial charge on any atom is -0.0351 e. The zero-order chi connectivity index (χ0) is 14.3. The molecule has 0 unspecified atom stereocenters. The summed E-state index contributed by atoms with van der Waals surface area (Å²) < 4.78 is 0. The minimum Gasteiger partial charge on any atom is -0.0885 e. The van der Waals surface area contributed by atoms with Crippen molar-refractivity contribution in [2.75, 3.05) is 0 Å². The van der Waals surface area contributed by atoms with E-state index < -0.39 is 0 Å². The van der Waals surface area contributed by atoms with E-state index in [1.165, 1.54) is 103 Å². The molecule has 0 spiro atoms. The fourth-order valence-corrected chi connectivity index (χ4v) is 2.91. The van der Waals surface area contributed by atoms with E-state index in [0.29, 0.717) is 0 Å². The first-order valence-corrected chi connectivity index (χ1v) is 9.58. The van der Waals surface area contributed by atoms with Crippen LogP contribution < -0.4 is 0 Å². The van der Waals surface area contributed by atoms with Crippen LogP contribution in [0.25, 0.3) is 0 Å². The quantitative estimate of drug-likeness (QED) is 0.216. The van der Waals surface area contributed by atoms with E-state index in [0.717, 1.165) is 5.92 Å². The summed E-state index contributed by atoms with van der Waals surface area (Å²) in [6.07, 6.45) is 27.9. The Labute approximate surface area is 128 Å². The molecular weight excluding hydrogens is 240 g/mol. The Morgan fingerprint density at radius 2 is 1.15 bits per heavy atom. The van der Waals surface area contributed by atoms with Crippen LogP contribution in [-0.4, -0.2) is 0 Å². The molecule has 0 aliphatic heterocycles. The van der Waals surface area contributed by atoms with Gasteiger partial charge in [-0.3, -0.25) is 0 Å². The van der Waals surface area contributed by atoms with Gasteiger partial charge in [-0.05, 0) is 31.6 Å². The number of hydrogen-bond acceptors (Lipinski definition) is 0. The van der Waals surface area contributed by atoms with Gasteiger partial charge in [-0.25, -0.2) is 0 Å². The van der Waals surface area contributed by atoms with E-state index in [1.807, 2.05) is 0 Å². The predicted octanol–water partition coefficient (Wildman–Crippen LogP) is 7.43. The molecule has 0 amide bonds. The van der Waals surface area contributed by atoms with E-state index in [1.54, 1.807) is 0 Å². The van der Waals surface area contributed by atoms with Crippen LogP contribution in [0.5, 0.6) is 0 Å². The molecule has 1 rings (SSSR count). The standard InChI is InChI=1S/C20H38/c1-2-3-4-5-6-7-8-9-10-11-12-13-14-15-16-17-20-18-19-20/h9-10,20H,2-8,11-19H2,1H3. The first-order chi connectivity index (χ1) is 9.93. The summed E-state index contributed by atoms with van der Waals surface area (Å²) in [6.45, 7) is 2.29. The van der Waals surface area contributed by atoms with Crippen molar-refractivity contribution < 1.29 is 0 Å². The second kappa shape index (κ2) is 13.7. The van der Waals surface area contributed by atoms with Gasteiger partial charge < -0.3 is 0 Å². The molecule has 0 heteroatoms. The molecule has 1 saturated carbocycles. The van der Waals surface area contributed by atoms with Gasteiger partial charge in [0.2, 0.25) is 0 Å². The Morgan fingerprint density at radius 1 is 0.650 bits per heavy atom. The molecule has 1 aliphatic carbocycles. The highest BCUT2D eigenvalue weighted by molar-refractivity contribution is 4.81. The van der Waals surface area contributed by atoms with E-state index in [2.05, 4.69) is 19.1 Å². The minimum absolute atomic E-state index is 1.14. The second-order valence-corrected chi connectivity index (χ2v) is 6.82. The Bertz CT molecular complexity index is 212. The molecule has 1 aliphatic rings. The number of rotatable bonds is 15. The Kier molecular flexibility index (Phi) is 12.2. The summed E-state index contributed by atoms with van der Waals surface area (Å²) in [5, 5.41) is 0. The normalized spacial score (nSPS) is 15.2. The fraction of sp³-hybridized carbons (Fsp3) is 0.900. The Balaban J connectivity index is 1.67. The van der Waals surface area contributed by atoms with Crippen molar-refractivity contribution in [2.45, 2.75) is 110 Å². The molecule has 0 heterocycles. The zero-order valence-corrected chi connectivity index (χ0v) is 14.0. The topological polar surface area (TPSA) is 0 Å². The summed E-state index contributed by atoms with van der Waals surface area (Å²) in [4.78, 5) is 0. The lowest BCUT2D eigenvalue weighted by Gasteiger charge is -2.00. The lowest BCUT2D eigenvalue weighted by atomic mass is 10.1. The third kappa shape index (κ3) is 12.8. The molecule has 0 aromatic rings. The highest BCUT2D eigenvalue weighted by Gasteiger charge is 2.19. The second-order valence-electron chi connectivity index (χ2n) is 6.82. The lowest BCUT2D eigenvalue weighted by Crippen LogP contribution is -1.81. The third-order valence-corrected chi connectivity index (χ3v) is 4.57. The molecule has 0 N–H and O–H groups in total. The summed E-state index contributed by atoms with van der Waals surface area (Å²) in [7, 11) is 0. The molecule has 0 atom stereocenters. The number of allylic oxidation sites excluding steroid dienone is 2. The molecule has 0 radical (unpaired) electrons. The largest absolute Gasteiger partial charge is 0.0885 e. The van der Waals surface area contributed by atoms with Gasteiger partial charge in [-0.2, -0.15) is 0 Å². The van der Waals surface area contributed by atoms with Gasteiger partial charge in [-0.1, -0.05) is 96.1 Å². The van der Waals surface area contributed by atoms with Gasteiger partial charge in [0.25, 0.3) is 0 Å². The van der Waals surface area contributed by atoms with Crippen molar-refractivity contribution in [1.82, 2.24) is 0 Å². The highest BCUT2D eigenvalue weighted by Crippen LogP contribution is 2.34. The van der Waals surface area contributed by atoms with Crippen LogP contribution in [-0.2, 0) is 0 Å². The van der Waals surface area contributed by atoms with Crippen LogP contribution in [0.4, 0.5) is 0 Å². The molecule has 0 bridgehead atoms. The van der Waals surface area contributed by atoms with Crippen LogP contribution in [0.15, 0.2) is 12.2 Å². The van der Waals surface area contributed by atoms with E-state index in [9.17, 15) is 0 Å². The Hall–Kier alpha value is -0.260. The van der Waals surface area contributed by atoms with Gasteiger partial charge in [-0.15, -0.1) is 0 Å². The molecular formula is C20H38. The molecule has 1 fully saturated rings. The van der Waals surface area contributed by atoms with Crippen molar-refractivity contribution in [3.63, 3.8) is 0 Å². The van der Waals surface area contributed by atoms with Gasteiger partial charge in [0.15, 0.2) is 0 Å².